The largest absolute Gasteiger partial charge is 0.466 e. The predicted molar refractivity (Wildman–Crippen MR) is 93.4 cm³/mol. The minimum Gasteiger partial charge on any atom is -0.466 e. The zero-order valence-corrected chi connectivity index (χ0v) is 15.5. The average molecular weight is 343 g/mol. The van der Waals surface area contributed by atoms with Crippen LogP contribution in [-0.2, 0) is 28.6 Å². The fourth-order valence-corrected chi connectivity index (χ4v) is 0.702. The van der Waals surface area contributed by atoms with Gasteiger partial charge in [-0.05, 0) is 27.9 Å². The van der Waals surface area contributed by atoms with Gasteiger partial charge in [-0.25, -0.2) is 14.4 Å². The van der Waals surface area contributed by atoms with Gasteiger partial charge in [0, 0.05) is 23.8 Å². The number of methoxy groups -OCH3 is 2. The summed E-state index contributed by atoms with van der Waals surface area (Å²) in [5.41, 5.74) is 0.881. The van der Waals surface area contributed by atoms with Crippen molar-refractivity contribution in [2.24, 2.45) is 0 Å². The van der Waals surface area contributed by atoms with Crippen LogP contribution in [0.4, 0.5) is 0 Å². The van der Waals surface area contributed by atoms with Gasteiger partial charge in [-0.1, -0.05) is 19.7 Å². The molecular weight excluding hydrogens is 314 g/mol. The van der Waals surface area contributed by atoms with E-state index in [9.17, 15) is 14.4 Å². The zero-order valence-electron chi connectivity index (χ0n) is 15.5. The molecule has 0 aliphatic carbocycles. The van der Waals surface area contributed by atoms with Gasteiger partial charge in [0.1, 0.15) is 6.61 Å². The van der Waals surface area contributed by atoms with Crippen LogP contribution in [0.2, 0.25) is 0 Å². The molecule has 0 N–H and O–H groups in total. The summed E-state index contributed by atoms with van der Waals surface area (Å²) in [7, 11) is 6.49. The van der Waals surface area contributed by atoms with Gasteiger partial charge in [0.15, 0.2) is 0 Å². The Morgan fingerprint density at radius 3 is 1.58 bits per heavy atom. The quantitative estimate of drug-likeness (QED) is 0.413. The Kier molecular flexibility index (Phi) is 18.7. The number of rotatable bonds is 6. The summed E-state index contributed by atoms with van der Waals surface area (Å²) in [5.74, 6) is -1.05. The normalized spacial score (nSPS) is 8.46. The van der Waals surface area contributed by atoms with E-state index in [1.54, 1.807) is 13.8 Å². The van der Waals surface area contributed by atoms with E-state index in [0.717, 1.165) is 12.6 Å². The molecule has 0 aromatic heterocycles. The van der Waals surface area contributed by atoms with Crippen molar-refractivity contribution in [1.29, 1.82) is 0 Å². The van der Waals surface area contributed by atoms with Gasteiger partial charge >= 0.3 is 17.9 Å². The molecule has 0 aromatic rings. The lowest BCUT2D eigenvalue weighted by Crippen LogP contribution is -2.20. The van der Waals surface area contributed by atoms with Crippen LogP contribution in [0.15, 0.2) is 37.0 Å². The number of likely N-dealkylation sites (N-methyl/N-ethyl adjacent to an activating group) is 1. The third-order valence-corrected chi connectivity index (χ3v) is 2.02. The molecule has 24 heavy (non-hydrogen) atoms. The van der Waals surface area contributed by atoms with Gasteiger partial charge in [0.05, 0.1) is 14.2 Å². The summed E-state index contributed by atoms with van der Waals surface area (Å²) < 4.78 is 13.2. The number of hydrogen-bond donors (Lipinski definition) is 0. The van der Waals surface area contributed by atoms with E-state index in [2.05, 4.69) is 29.2 Å². The minimum absolute atomic E-state index is 0.313. The van der Waals surface area contributed by atoms with Crippen LogP contribution >= 0.6 is 0 Å². The summed E-state index contributed by atoms with van der Waals surface area (Å²) in [6.07, 6.45) is 1.11. The Bertz CT molecular complexity index is 440. The van der Waals surface area contributed by atoms with Crippen LogP contribution < -0.4 is 0 Å². The number of hydrogen-bond acceptors (Lipinski definition) is 7. The maximum Gasteiger partial charge on any atom is 0.333 e. The van der Waals surface area contributed by atoms with Gasteiger partial charge in [0.25, 0.3) is 0 Å². The van der Waals surface area contributed by atoms with Crippen molar-refractivity contribution >= 4 is 17.9 Å². The molecule has 0 heterocycles. The number of ether oxygens (including phenoxy) is 3. The van der Waals surface area contributed by atoms with E-state index < -0.39 is 5.97 Å². The van der Waals surface area contributed by atoms with Crippen molar-refractivity contribution in [2.75, 3.05) is 41.5 Å². The summed E-state index contributed by atoms with van der Waals surface area (Å²) in [6.45, 7) is 14.4. The van der Waals surface area contributed by atoms with Gasteiger partial charge in [-0.15, -0.1) is 0 Å². The van der Waals surface area contributed by atoms with Crippen molar-refractivity contribution in [3.8, 4) is 0 Å². The van der Waals surface area contributed by atoms with Gasteiger partial charge in [-0.3, -0.25) is 0 Å². The van der Waals surface area contributed by atoms with E-state index in [1.807, 2.05) is 19.0 Å². The van der Waals surface area contributed by atoms with E-state index in [0.29, 0.717) is 17.8 Å². The topological polar surface area (TPSA) is 82.1 Å². The second kappa shape index (κ2) is 17.0. The fraction of sp³-hybridized carbons (Fsp3) is 0.471. The highest BCUT2D eigenvalue weighted by Gasteiger charge is 2.01. The molecule has 0 rings (SSSR count). The fourth-order valence-electron chi connectivity index (χ4n) is 0.702. The number of carbonyl (C=O) groups is 3. The first-order valence-electron chi connectivity index (χ1n) is 6.94. The smallest absolute Gasteiger partial charge is 0.333 e. The highest BCUT2D eigenvalue weighted by molar-refractivity contribution is 5.87. The van der Waals surface area contributed by atoms with Crippen LogP contribution in [0, 0.1) is 0 Å². The molecule has 0 aliphatic heterocycles. The highest BCUT2D eigenvalue weighted by Crippen LogP contribution is 1.91. The van der Waals surface area contributed by atoms with E-state index in [-0.39, 0.29) is 11.9 Å². The average Bonchev–Trinajstić information content (AvgIpc) is 2.53. The molecule has 0 bridgehead atoms. The zero-order chi connectivity index (χ0) is 19.7. The number of nitrogens with zero attached hydrogens (tertiary/aromatic N) is 1. The second-order valence-electron chi connectivity index (χ2n) is 4.72. The SMILES string of the molecule is C=C(C)C(=O)OC.C=C(C)C(=O)OCCN(C)C.C=CC(=O)OC. The van der Waals surface area contributed by atoms with Crippen molar-refractivity contribution in [3.63, 3.8) is 0 Å². The highest BCUT2D eigenvalue weighted by atomic mass is 16.5. The molecule has 7 nitrogen and oxygen atoms in total. The van der Waals surface area contributed by atoms with Gasteiger partial charge in [-0.2, -0.15) is 0 Å². The maximum atomic E-state index is 10.8. The third kappa shape index (κ3) is 21.9. The maximum absolute atomic E-state index is 10.8. The first-order chi connectivity index (χ1) is 11.0. The standard InChI is InChI=1S/C8H15NO2.C5H8O2.C4H6O2/c1-7(2)8(10)11-6-5-9(3)4;1-4(2)5(6)7-3;1-3-4(5)6-2/h1,5-6H2,2-4H3;1H2,2-3H3;3H,1H2,2H3. The Balaban J connectivity index is -0.000000294. The van der Waals surface area contributed by atoms with Gasteiger partial charge in [0.2, 0.25) is 0 Å². The molecule has 0 radical (unpaired) electrons. The van der Waals surface area contributed by atoms with Crippen LogP contribution in [0.1, 0.15) is 13.8 Å². The predicted octanol–water partition coefficient (Wildman–Crippen LogP) is 1.75. The van der Waals surface area contributed by atoms with Crippen molar-refractivity contribution < 1.29 is 28.6 Å². The Labute approximate surface area is 144 Å². The van der Waals surface area contributed by atoms with E-state index in [4.69, 9.17) is 4.74 Å². The summed E-state index contributed by atoms with van der Waals surface area (Å²) in [6, 6.07) is 0. The molecule has 0 saturated heterocycles. The third-order valence-electron chi connectivity index (χ3n) is 2.02. The van der Waals surface area contributed by atoms with E-state index >= 15 is 0 Å². The molecular formula is C17H29NO6. The molecule has 0 atom stereocenters. The van der Waals surface area contributed by atoms with Crippen molar-refractivity contribution in [2.45, 2.75) is 13.8 Å². The lowest BCUT2D eigenvalue weighted by molar-refractivity contribution is -0.139. The minimum atomic E-state index is -0.394. The molecule has 0 amide bonds. The monoisotopic (exact) mass is 343 g/mol. The molecule has 0 fully saturated rings. The van der Waals surface area contributed by atoms with Crippen LogP contribution in [0.3, 0.4) is 0 Å². The molecule has 0 unspecified atom stereocenters. The second-order valence-corrected chi connectivity index (χ2v) is 4.72. The van der Waals surface area contributed by atoms with Crippen molar-refractivity contribution in [3.05, 3.63) is 37.0 Å². The van der Waals surface area contributed by atoms with E-state index in [1.165, 1.54) is 14.2 Å². The molecule has 0 spiro atoms. The Hall–Kier alpha value is -2.41. The van der Waals surface area contributed by atoms with Gasteiger partial charge < -0.3 is 19.1 Å². The number of esters is 3. The lowest BCUT2D eigenvalue weighted by Gasteiger charge is -2.09. The van der Waals surface area contributed by atoms with Crippen LogP contribution in [0.25, 0.3) is 0 Å². The van der Waals surface area contributed by atoms with Crippen LogP contribution in [0.5, 0.6) is 0 Å². The lowest BCUT2D eigenvalue weighted by atomic mass is 10.4. The molecule has 0 aliphatic rings. The Morgan fingerprint density at radius 1 is 0.958 bits per heavy atom. The Morgan fingerprint density at radius 2 is 1.42 bits per heavy atom. The summed E-state index contributed by atoms with van der Waals surface area (Å²) in [5, 5.41) is 0. The summed E-state index contributed by atoms with van der Waals surface area (Å²) in [4.78, 5) is 32.8. The number of carbonyl (C=O) groups excluding carboxylic acids is 3. The molecule has 0 aromatic carbocycles. The first-order valence-corrected chi connectivity index (χ1v) is 6.94. The van der Waals surface area contributed by atoms with Crippen molar-refractivity contribution in [1.82, 2.24) is 4.90 Å². The molecule has 138 valence electrons. The van der Waals surface area contributed by atoms with Crippen LogP contribution in [-0.4, -0.2) is 64.3 Å². The summed E-state index contributed by atoms with van der Waals surface area (Å²) >= 11 is 0. The molecule has 7 heteroatoms. The molecule has 0 saturated carbocycles. The first kappa shape index (κ1) is 26.5.